The molecule has 4 aliphatic rings. The second-order valence-corrected chi connectivity index (χ2v) is 16.2. The number of ether oxygens (including phenoxy) is 2. The van der Waals surface area contributed by atoms with E-state index in [9.17, 15) is 4.79 Å². The number of rotatable bonds is 8. The number of anilines is 1. The molecule has 6 aromatic heterocycles. The van der Waals surface area contributed by atoms with Crippen LogP contribution in [0.1, 0.15) is 87.1 Å². The predicted octanol–water partition coefficient (Wildman–Crippen LogP) is 7.01. The highest BCUT2D eigenvalue weighted by Gasteiger charge is 2.25. The quantitative estimate of drug-likeness (QED) is 0.143. The lowest BCUT2D eigenvalue weighted by atomic mass is 9.85. The summed E-state index contributed by atoms with van der Waals surface area (Å²) in [6, 6.07) is 5.02. The number of hydrogen-bond donors (Lipinski definition) is 3. The van der Waals surface area contributed by atoms with E-state index in [1.807, 2.05) is 44.5 Å². The third-order valence-corrected chi connectivity index (χ3v) is 12.0. The molecule has 0 bridgehead atoms. The Morgan fingerprint density at radius 2 is 1.28 bits per heavy atom. The number of aromatic nitrogens is 8. The standard InChI is InChI=1S/C21H27N5O2.C16H18N4O2.C5H11NO/c1-13-19(14(2)28-25-13)16-10-18-20(22-11-16)24-21(23-17-6-8-27-9-7-17)26(18)12-15-4-3-5-15;1-9-14(10(2)22-19-9)12-6-13-15(17-7-12)18-16(21)20(13)8-11-4-3-5-11;6-5-1-3-7-4-2-5/h10-11,15,17H,3-9,12H2,1-2H3,(H,22,23,24);6-7,11H,3-5,8H2,1-2H3,(H,17,18,21);5H,1-4,6H2. The fourth-order valence-corrected chi connectivity index (χ4v) is 8.19. The van der Waals surface area contributed by atoms with Crippen LogP contribution in [0.4, 0.5) is 5.95 Å². The molecular weight excluding hydrogens is 725 g/mol. The largest absolute Gasteiger partial charge is 0.381 e. The van der Waals surface area contributed by atoms with Gasteiger partial charge >= 0.3 is 5.69 Å². The number of nitrogens with zero attached hydrogens (tertiary/aromatic N) is 7. The minimum Gasteiger partial charge on any atom is -0.381 e. The molecule has 0 radical (unpaired) electrons. The normalized spacial score (nSPS) is 18.1. The lowest BCUT2D eigenvalue weighted by Crippen LogP contribution is -2.30. The highest BCUT2D eigenvalue weighted by atomic mass is 16.5. The van der Waals surface area contributed by atoms with Crippen LogP contribution in [0.3, 0.4) is 0 Å². The number of nitrogens with one attached hydrogen (secondary N) is 2. The zero-order valence-electron chi connectivity index (χ0n) is 33.7. The van der Waals surface area contributed by atoms with Gasteiger partial charge in [-0.1, -0.05) is 23.2 Å². The van der Waals surface area contributed by atoms with Gasteiger partial charge in [-0.15, -0.1) is 0 Å². The van der Waals surface area contributed by atoms with Crippen LogP contribution in [0.5, 0.6) is 0 Å². The van der Waals surface area contributed by atoms with Gasteiger partial charge in [-0.2, -0.15) is 4.98 Å². The number of hydrogen-bond acceptors (Lipinski definition) is 12. The molecule has 0 atom stereocenters. The molecule has 0 amide bonds. The van der Waals surface area contributed by atoms with Crippen molar-refractivity contribution in [2.24, 2.45) is 17.6 Å². The van der Waals surface area contributed by atoms with Crippen molar-refractivity contribution >= 4 is 28.3 Å². The van der Waals surface area contributed by atoms with Gasteiger partial charge in [-0.05, 0) is 103 Å². The Balaban J connectivity index is 0.000000139. The Morgan fingerprint density at radius 3 is 1.79 bits per heavy atom. The number of H-pyrrole nitrogens is 1. The first kappa shape index (κ1) is 39.0. The van der Waals surface area contributed by atoms with Crippen LogP contribution in [0.15, 0.2) is 38.4 Å². The van der Waals surface area contributed by atoms with Gasteiger partial charge in [0.15, 0.2) is 11.3 Å². The number of aryl methyl sites for hydroxylation is 4. The molecule has 0 unspecified atom stereocenters. The third kappa shape index (κ3) is 8.70. The summed E-state index contributed by atoms with van der Waals surface area (Å²) in [5.74, 6) is 3.87. The van der Waals surface area contributed by atoms with E-state index in [4.69, 9.17) is 29.2 Å². The summed E-state index contributed by atoms with van der Waals surface area (Å²) in [7, 11) is 0. The summed E-state index contributed by atoms with van der Waals surface area (Å²) < 4.78 is 25.3. The SMILES string of the molecule is Cc1noc(C)c1-c1cnc2[nH]c(=O)n(CC3CCC3)c2c1.Cc1noc(C)c1-c1cnc2nc(NC3CCOCC3)n(CC3CCC3)c2c1.NC1CCOCC1. The number of nitrogens with two attached hydrogens (primary N) is 1. The van der Waals surface area contributed by atoms with Crippen molar-refractivity contribution in [1.29, 1.82) is 0 Å². The fourth-order valence-electron chi connectivity index (χ4n) is 8.19. The number of pyridine rings is 2. The molecule has 4 fully saturated rings. The Bertz CT molecular complexity index is 2290. The molecule has 2 aliphatic carbocycles. The van der Waals surface area contributed by atoms with Gasteiger partial charge in [0.1, 0.15) is 11.5 Å². The summed E-state index contributed by atoms with van der Waals surface area (Å²) in [6.07, 6.45) is 15.4. The Hall–Kier alpha value is -4.86. The minimum atomic E-state index is -0.0784. The number of imidazole rings is 2. The molecular formula is C42H56N10O5. The van der Waals surface area contributed by atoms with Crippen LogP contribution in [0.2, 0.25) is 0 Å². The summed E-state index contributed by atoms with van der Waals surface area (Å²) in [6.45, 7) is 12.8. The van der Waals surface area contributed by atoms with Crippen molar-refractivity contribution in [2.45, 2.75) is 117 Å². The Morgan fingerprint density at radius 1 is 0.737 bits per heavy atom. The van der Waals surface area contributed by atoms with Crippen LogP contribution in [0.25, 0.3) is 44.6 Å². The minimum absolute atomic E-state index is 0.0784. The molecule has 304 valence electrons. The average Bonchev–Trinajstić information content (AvgIpc) is 3.90. The van der Waals surface area contributed by atoms with E-state index >= 15 is 0 Å². The predicted molar refractivity (Wildman–Crippen MR) is 218 cm³/mol. The van der Waals surface area contributed by atoms with E-state index in [0.29, 0.717) is 23.6 Å². The van der Waals surface area contributed by atoms with Crippen LogP contribution < -0.4 is 16.7 Å². The smallest absolute Gasteiger partial charge is 0.327 e. The molecule has 0 aromatic carbocycles. The van der Waals surface area contributed by atoms with E-state index in [1.165, 1.54) is 38.5 Å². The van der Waals surface area contributed by atoms with E-state index in [0.717, 1.165) is 139 Å². The van der Waals surface area contributed by atoms with Crippen LogP contribution in [0, 0.1) is 39.5 Å². The lowest BCUT2D eigenvalue weighted by molar-refractivity contribution is 0.0866. The number of aromatic amines is 1. The summed E-state index contributed by atoms with van der Waals surface area (Å²) in [4.78, 5) is 29.0. The monoisotopic (exact) mass is 780 g/mol. The van der Waals surface area contributed by atoms with Crippen molar-refractivity contribution in [2.75, 3.05) is 31.7 Å². The molecule has 0 spiro atoms. The van der Waals surface area contributed by atoms with Gasteiger partial charge in [-0.3, -0.25) is 9.55 Å². The van der Waals surface area contributed by atoms with Crippen molar-refractivity contribution in [3.05, 3.63) is 57.9 Å². The van der Waals surface area contributed by atoms with Gasteiger partial charge in [0.2, 0.25) is 5.95 Å². The molecule has 2 aliphatic heterocycles. The van der Waals surface area contributed by atoms with Crippen LogP contribution in [-0.2, 0) is 22.6 Å². The van der Waals surface area contributed by atoms with E-state index in [2.05, 4.69) is 41.2 Å². The summed E-state index contributed by atoms with van der Waals surface area (Å²) >= 11 is 0. The first-order valence-electron chi connectivity index (χ1n) is 20.7. The van der Waals surface area contributed by atoms with E-state index in [1.54, 1.807) is 6.20 Å². The maximum atomic E-state index is 12.2. The first-order valence-corrected chi connectivity index (χ1v) is 20.7. The average molecular weight is 781 g/mol. The Labute approximate surface area is 332 Å². The molecule has 2 saturated heterocycles. The van der Waals surface area contributed by atoms with Gasteiger partial charge in [0.05, 0.1) is 22.4 Å². The first-order chi connectivity index (χ1) is 27.7. The van der Waals surface area contributed by atoms with E-state index < -0.39 is 0 Å². The van der Waals surface area contributed by atoms with Crippen LogP contribution >= 0.6 is 0 Å². The molecule has 15 nitrogen and oxygen atoms in total. The van der Waals surface area contributed by atoms with Crippen LogP contribution in [-0.4, -0.2) is 77.9 Å². The van der Waals surface area contributed by atoms with Crippen molar-refractivity contribution in [1.82, 2.24) is 39.4 Å². The second kappa shape index (κ2) is 17.3. The van der Waals surface area contributed by atoms with Crippen molar-refractivity contribution < 1.29 is 18.5 Å². The second-order valence-electron chi connectivity index (χ2n) is 16.2. The number of fused-ring (bicyclic) bond motifs is 2. The van der Waals surface area contributed by atoms with Crippen molar-refractivity contribution in [3.8, 4) is 22.3 Å². The Kier molecular flexibility index (Phi) is 11.9. The molecule has 2 saturated carbocycles. The molecule has 4 N–H and O–H groups in total. The van der Waals surface area contributed by atoms with Gasteiger partial charge in [0, 0.05) is 86.2 Å². The third-order valence-electron chi connectivity index (χ3n) is 12.0. The molecule has 15 heteroatoms. The summed E-state index contributed by atoms with van der Waals surface area (Å²) in [5, 5.41) is 11.8. The fraction of sp³-hybridized carbons (Fsp3) is 0.571. The lowest BCUT2D eigenvalue weighted by Gasteiger charge is -2.28. The van der Waals surface area contributed by atoms with Gasteiger partial charge in [-0.25, -0.2) is 14.8 Å². The van der Waals surface area contributed by atoms with E-state index in [-0.39, 0.29) is 5.69 Å². The highest BCUT2D eigenvalue weighted by molar-refractivity contribution is 5.82. The zero-order valence-corrected chi connectivity index (χ0v) is 33.7. The van der Waals surface area contributed by atoms with Gasteiger partial charge in [0.25, 0.3) is 0 Å². The maximum Gasteiger partial charge on any atom is 0.327 e. The maximum absolute atomic E-state index is 12.2. The van der Waals surface area contributed by atoms with Crippen molar-refractivity contribution in [3.63, 3.8) is 0 Å². The summed E-state index contributed by atoms with van der Waals surface area (Å²) in [5.41, 5.74) is 14.5. The topological polar surface area (TPSA) is 190 Å². The molecule has 10 rings (SSSR count). The molecule has 8 heterocycles. The molecule has 6 aromatic rings. The molecule has 57 heavy (non-hydrogen) atoms. The highest BCUT2D eigenvalue weighted by Crippen LogP contribution is 2.34. The van der Waals surface area contributed by atoms with Gasteiger partial charge < -0.3 is 34.1 Å². The zero-order chi connectivity index (χ0) is 39.5.